The van der Waals surface area contributed by atoms with Crippen LogP contribution in [0.3, 0.4) is 0 Å². The number of aromatic nitrogens is 1. The number of hydrogen-bond acceptors (Lipinski definition) is 1. The molecular weight excluding hydrogens is 895 g/mol. The highest BCUT2D eigenvalue weighted by atomic mass is 16.3. The summed E-state index contributed by atoms with van der Waals surface area (Å²) >= 11 is 0. The van der Waals surface area contributed by atoms with Gasteiger partial charge in [-0.15, -0.1) is 0 Å². The lowest BCUT2D eigenvalue weighted by Gasteiger charge is -2.16. The van der Waals surface area contributed by atoms with E-state index in [1.807, 2.05) is 6.07 Å². The predicted molar refractivity (Wildman–Crippen MR) is 310 cm³/mol. The summed E-state index contributed by atoms with van der Waals surface area (Å²) in [6.45, 7) is 0. The zero-order chi connectivity index (χ0) is 49.0. The van der Waals surface area contributed by atoms with Crippen LogP contribution in [0, 0.1) is 12.1 Å². The van der Waals surface area contributed by atoms with Gasteiger partial charge in [0, 0.05) is 32.8 Å². The highest BCUT2D eigenvalue weighted by Gasteiger charge is 2.17. The summed E-state index contributed by atoms with van der Waals surface area (Å²) in [5.41, 5.74) is 24.2. The molecule has 1 aliphatic rings. The van der Waals surface area contributed by atoms with Gasteiger partial charge in [0.05, 0.1) is 11.0 Å². The lowest BCUT2D eigenvalue weighted by Crippen LogP contribution is -1.94. The van der Waals surface area contributed by atoms with E-state index in [-0.39, 0.29) is 0 Å². The van der Waals surface area contributed by atoms with Crippen LogP contribution in [0.2, 0.25) is 0 Å². The molecule has 0 bridgehead atoms. The normalized spacial score (nSPS) is 12.5. The first-order valence-electron chi connectivity index (χ1n) is 25.5. The molecule has 74 heavy (non-hydrogen) atoms. The fraction of sp³-hybridized carbons (Fsp3) is 0.0278. The van der Waals surface area contributed by atoms with Crippen molar-refractivity contribution in [1.82, 2.24) is 4.57 Å². The summed E-state index contributed by atoms with van der Waals surface area (Å²) in [5, 5.41) is 4.66. The van der Waals surface area contributed by atoms with E-state index in [1.165, 1.54) is 66.3 Å². The number of nitrogens with zero attached hydrogens (tertiary/aromatic N) is 1. The lowest BCUT2D eigenvalue weighted by molar-refractivity contribution is 0.669. The maximum atomic E-state index is 6.49. The van der Waals surface area contributed by atoms with E-state index in [0.717, 1.165) is 85.0 Å². The van der Waals surface area contributed by atoms with Crippen LogP contribution in [0.15, 0.2) is 265 Å². The largest absolute Gasteiger partial charge is 0.456 e. The van der Waals surface area contributed by atoms with Gasteiger partial charge >= 0.3 is 0 Å². The Morgan fingerprint density at radius 2 is 0.865 bits per heavy atom. The summed E-state index contributed by atoms with van der Waals surface area (Å²) in [7, 11) is 0. The van der Waals surface area contributed by atoms with Crippen molar-refractivity contribution in [1.29, 1.82) is 0 Å². The van der Waals surface area contributed by atoms with E-state index in [0.29, 0.717) is 0 Å². The summed E-state index contributed by atoms with van der Waals surface area (Å²) in [4.78, 5) is 0. The van der Waals surface area contributed by atoms with Crippen molar-refractivity contribution >= 4 is 54.9 Å². The number of para-hydroxylation sites is 1. The predicted octanol–water partition coefficient (Wildman–Crippen LogP) is 19.5. The van der Waals surface area contributed by atoms with Crippen molar-refractivity contribution in [3.8, 4) is 72.4 Å². The Morgan fingerprint density at radius 3 is 1.61 bits per heavy atom. The Bertz CT molecular complexity index is 4350. The Morgan fingerprint density at radius 1 is 0.351 bits per heavy atom. The smallest absolute Gasteiger partial charge is 0.135 e. The van der Waals surface area contributed by atoms with E-state index < -0.39 is 0 Å². The van der Waals surface area contributed by atoms with Crippen molar-refractivity contribution < 1.29 is 4.42 Å². The molecule has 0 saturated carbocycles. The second-order valence-corrected chi connectivity index (χ2v) is 19.4. The topological polar surface area (TPSA) is 18.1 Å². The van der Waals surface area contributed by atoms with Gasteiger partial charge in [0.2, 0.25) is 0 Å². The second kappa shape index (κ2) is 18.2. The van der Waals surface area contributed by atoms with Gasteiger partial charge in [0.15, 0.2) is 0 Å². The van der Waals surface area contributed by atoms with Crippen molar-refractivity contribution in [2.45, 2.75) is 12.8 Å². The standard InChI is InChI=1S/C72H47NO/c1-3-15-48(16-4-1)50-19-9-20-51(39-50)52-21-10-22-53(40-52)54-23-11-24-55(41-54)56-25-12-26-57(42-56)58-27-13-28-59(43-58)60-29-14-30-61(44-60)63-34-37-71-67(46-63)68-47-64(35-38-72(68)74-71)73-69-32-8-7-31-65(69)66-45-62(33-36-70(66)73)49-17-5-2-6-18-49/h1-9,11,13-21,23-24,26-47H,10,22H2. The zero-order valence-corrected chi connectivity index (χ0v) is 40.6. The minimum absolute atomic E-state index is 0.875. The molecule has 0 atom stereocenters. The molecule has 2 aromatic heterocycles. The molecule has 11 aromatic carbocycles. The summed E-state index contributed by atoms with van der Waals surface area (Å²) < 4.78 is 8.88. The summed E-state index contributed by atoms with van der Waals surface area (Å²) in [6.07, 6.45) is 6.77. The van der Waals surface area contributed by atoms with E-state index in [2.05, 4.69) is 272 Å². The maximum Gasteiger partial charge on any atom is 0.135 e. The quantitative estimate of drug-likeness (QED) is 0.141. The van der Waals surface area contributed by atoms with Crippen LogP contribution in [0.4, 0.5) is 0 Å². The molecule has 0 fully saturated rings. The van der Waals surface area contributed by atoms with Crippen LogP contribution in [-0.4, -0.2) is 4.57 Å². The number of furan rings is 1. The Kier molecular flexibility index (Phi) is 10.6. The second-order valence-electron chi connectivity index (χ2n) is 19.4. The molecule has 0 N–H and O–H groups in total. The van der Waals surface area contributed by atoms with Gasteiger partial charge in [-0.1, -0.05) is 188 Å². The SMILES string of the molecule is c1cc(-c2cccc(-c3cccc(-c4ccc5oc6ccc(-n7c8ccccc8c8cc(-c9ccccc9)ccc87)cc6c5c4)c3)c2)cc(-c2cccc(C3=CC(c4cccc(-c5ccccc5)c4)=CCC3)c2)c#1. The Hall–Kier alpha value is -9.68. The van der Waals surface area contributed by atoms with E-state index in [4.69, 9.17) is 4.42 Å². The van der Waals surface area contributed by atoms with Gasteiger partial charge in [0.25, 0.3) is 0 Å². The fourth-order valence-electron chi connectivity index (χ4n) is 11.2. The third kappa shape index (κ3) is 7.89. The molecule has 0 spiro atoms. The third-order valence-corrected chi connectivity index (χ3v) is 14.9. The molecule has 0 amide bonds. The Labute approximate surface area is 431 Å². The molecule has 0 radical (unpaired) electrons. The van der Waals surface area contributed by atoms with Gasteiger partial charge in [-0.2, -0.15) is 0 Å². The lowest BCUT2D eigenvalue weighted by atomic mass is 9.88. The number of fused-ring (bicyclic) bond motifs is 6. The average molecular weight is 942 g/mol. The molecule has 2 heteroatoms. The van der Waals surface area contributed by atoms with Crippen LogP contribution in [0.5, 0.6) is 0 Å². The fourth-order valence-corrected chi connectivity index (χ4v) is 11.2. The molecule has 1 aliphatic carbocycles. The summed E-state index contributed by atoms with van der Waals surface area (Å²) in [6, 6.07) is 96.6. The molecule has 13 aromatic rings. The number of rotatable bonds is 9. The first-order valence-corrected chi connectivity index (χ1v) is 25.5. The molecule has 2 nitrogen and oxygen atoms in total. The van der Waals surface area contributed by atoms with Crippen molar-refractivity contribution in [2.75, 3.05) is 0 Å². The maximum absolute atomic E-state index is 6.49. The highest BCUT2D eigenvalue weighted by Crippen LogP contribution is 2.40. The number of hydrogen-bond donors (Lipinski definition) is 0. The van der Waals surface area contributed by atoms with Gasteiger partial charge in [-0.05, 0) is 181 Å². The van der Waals surface area contributed by atoms with Crippen molar-refractivity contribution in [3.05, 3.63) is 284 Å². The van der Waals surface area contributed by atoms with Gasteiger partial charge in [-0.25, -0.2) is 0 Å². The summed E-state index contributed by atoms with van der Waals surface area (Å²) in [5.74, 6) is 0. The van der Waals surface area contributed by atoms with Gasteiger partial charge in [0.1, 0.15) is 11.2 Å². The van der Waals surface area contributed by atoms with Crippen molar-refractivity contribution in [2.24, 2.45) is 0 Å². The molecule has 0 saturated heterocycles. The average Bonchev–Trinajstić information content (AvgIpc) is 4.02. The van der Waals surface area contributed by atoms with E-state index >= 15 is 0 Å². The van der Waals surface area contributed by atoms with Crippen molar-refractivity contribution in [3.63, 3.8) is 0 Å². The zero-order valence-electron chi connectivity index (χ0n) is 40.6. The van der Waals surface area contributed by atoms with Crippen LogP contribution in [-0.2, 0) is 0 Å². The molecule has 0 unspecified atom stereocenters. The van der Waals surface area contributed by atoms with Crippen LogP contribution in [0.25, 0.3) is 127 Å². The van der Waals surface area contributed by atoms with Crippen LogP contribution in [0.1, 0.15) is 24.0 Å². The number of benzene rings is 10. The molecule has 0 aliphatic heterocycles. The van der Waals surface area contributed by atoms with E-state index in [9.17, 15) is 0 Å². The van der Waals surface area contributed by atoms with Gasteiger partial charge < -0.3 is 8.98 Å². The van der Waals surface area contributed by atoms with Crippen LogP contribution < -0.4 is 0 Å². The van der Waals surface area contributed by atoms with Crippen LogP contribution >= 0.6 is 0 Å². The number of allylic oxidation sites excluding steroid dienone is 4. The van der Waals surface area contributed by atoms with E-state index in [1.54, 1.807) is 0 Å². The monoisotopic (exact) mass is 941 g/mol. The minimum Gasteiger partial charge on any atom is -0.456 e. The highest BCUT2D eigenvalue weighted by molar-refractivity contribution is 6.12. The third-order valence-electron chi connectivity index (χ3n) is 14.9. The first kappa shape index (κ1) is 43.1. The molecule has 346 valence electrons. The molecule has 2 heterocycles. The first-order chi connectivity index (χ1) is 36.6. The molecule has 14 rings (SSSR count). The minimum atomic E-state index is 0.875. The van der Waals surface area contributed by atoms with Gasteiger partial charge in [-0.3, -0.25) is 0 Å². The molecular formula is C72H47NO. The Balaban J connectivity index is 0.748.